The van der Waals surface area contributed by atoms with Crippen molar-refractivity contribution in [1.29, 1.82) is 5.26 Å². The molecule has 5 nitrogen and oxygen atoms in total. The summed E-state index contributed by atoms with van der Waals surface area (Å²) in [6.45, 7) is 12.0. The lowest BCUT2D eigenvalue weighted by Gasteiger charge is -2.23. The van der Waals surface area contributed by atoms with Crippen molar-refractivity contribution in [3.63, 3.8) is 0 Å². The van der Waals surface area contributed by atoms with Crippen LogP contribution >= 0.6 is 11.8 Å². The standard InChI is InChI=1S/C24H31N3O2S/c1-16-13-20(27(7)26-16)21(29-22(28)24(5,6)15-30-8)19(14-25)17-9-11-18(12-10-17)23(2,3)4/h9-13H,15H2,1-8H3/b21-19-. The second-order valence-electron chi connectivity index (χ2n) is 9.14. The number of allylic oxidation sites excluding steroid dienone is 1. The number of nitrogens with zero attached hydrogens (tertiary/aromatic N) is 3. The van der Waals surface area contributed by atoms with E-state index in [1.165, 1.54) is 5.56 Å². The van der Waals surface area contributed by atoms with Crippen LogP contribution in [0.2, 0.25) is 0 Å². The number of carbonyl (C=O) groups is 1. The number of aromatic nitrogens is 2. The molecule has 0 N–H and O–H groups in total. The van der Waals surface area contributed by atoms with Gasteiger partial charge >= 0.3 is 5.97 Å². The number of thioether (sulfide) groups is 1. The third-order valence-corrected chi connectivity index (χ3v) is 5.88. The van der Waals surface area contributed by atoms with Gasteiger partial charge in [-0.15, -0.1) is 0 Å². The van der Waals surface area contributed by atoms with Crippen molar-refractivity contribution >= 4 is 29.1 Å². The van der Waals surface area contributed by atoms with E-state index in [2.05, 4.69) is 31.9 Å². The molecule has 0 saturated heterocycles. The Hall–Kier alpha value is -2.52. The predicted octanol–water partition coefficient (Wildman–Crippen LogP) is 5.35. The van der Waals surface area contributed by atoms with Gasteiger partial charge in [-0.3, -0.25) is 9.48 Å². The Labute approximate surface area is 184 Å². The van der Waals surface area contributed by atoms with Crippen molar-refractivity contribution in [2.45, 2.75) is 47.0 Å². The molecule has 2 aromatic rings. The van der Waals surface area contributed by atoms with Gasteiger partial charge in [0.25, 0.3) is 0 Å². The summed E-state index contributed by atoms with van der Waals surface area (Å²) in [6, 6.07) is 11.9. The Kier molecular flexibility index (Phi) is 7.20. The predicted molar refractivity (Wildman–Crippen MR) is 124 cm³/mol. The highest BCUT2D eigenvalue weighted by atomic mass is 32.2. The molecule has 0 aliphatic heterocycles. The zero-order valence-electron chi connectivity index (χ0n) is 19.2. The highest BCUT2D eigenvalue weighted by molar-refractivity contribution is 7.98. The van der Waals surface area contributed by atoms with E-state index < -0.39 is 5.41 Å². The van der Waals surface area contributed by atoms with Crippen LogP contribution in [0.25, 0.3) is 11.3 Å². The molecule has 0 atom stereocenters. The normalized spacial score (nSPS) is 12.9. The van der Waals surface area contributed by atoms with Crippen LogP contribution in [0, 0.1) is 23.7 Å². The van der Waals surface area contributed by atoms with E-state index in [1.807, 2.05) is 57.4 Å². The first-order chi connectivity index (χ1) is 13.9. The summed E-state index contributed by atoms with van der Waals surface area (Å²) in [5.74, 6) is 0.485. The van der Waals surface area contributed by atoms with Crippen LogP contribution in [0.4, 0.5) is 0 Å². The van der Waals surface area contributed by atoms with E-state index in [9.17, 15) is 10.1 Å². The second-order valence-corrected chi connectivity index (χ2v) is 10.0. The van der Waals surface area contributed by atoms with E-state index in [1.54, 1.807) is 23.5 Å². The Morgan fingerprint density at radius 1 is 1.20 bits per heavy atom. The number of carbonyl (C=O) groups excluding carboxylic acids is 1. The summed E-state index contributed by atoms with van der Waals surface area (Å²) in [6.07, 6.45) is 1.95. The monoisotopic (exact) mass is 425 g/mol. The van der Waals surface area contributed by atoms with Gasteiger partial charge in [0.15, 0.2) is 5.76 Å². The average Bonchev–Trinajstić information content (AvgIpc) is 2.99. The fourth-order valence-corrected chi connectivity index (χ4v) is 3.93. The van der Waals surface area contributed by atoms with Gasteiger partial charge in [0, 0.05) is 12.8 Å². The van der Waals surface area contributed by atoms with E-state index in [-0.39, 0.29) is 17.1 Å². The Morgan fingerprint density at radius 3 is 2.23 bits per heavy atom. The largest absolute Gasteiger partial charge is 0.422 e. The van der Waals surface area contributed by atoms with Crippen LogP contribution in [0.5, 0.6) is 0 Å². The number of nitriles is 1. The third kappa shape index (κ3) is 5.34. The summed E-state index contributed by atoms with van der Waals surface area (Å²) in [5.41, 5.74) is 2.88. The quantitative estimate of drug-likeness (QED) is 0.354. The van der Waals surface area contributed by atoms with Gasteiger partial charge in [-0.2, -0.15) is 22.1 Å². The summed E-state index contributed by atoms with van der Waals surface area (Å²) in [7, 11) is 1.78. The molecule has 0 aliphatic rings. The van der Waals surface area contributed by atoms with E-state index >= 15 is 0 Å². The fourth-order valence-electron chi connectivity index (χ4n) is 3.09. The number of aryl methyl sites for hydroxylation is 2. The summed E-state index contributed by atoms with van der Waals surface area (Å²) in [5, 5.41) is 14.4. The van der Waals surface area contributed by atoms with Crippen LogP contribution in [0.3, 0.4) is 0 Å². The number of ether oxygens (including phenoxy) is 1. The van der Waals surface area contributed by atoms with E-state index in [0.717, 1.165) is 5.69 Å². The molecule has 1 aromatic heterocycles. The number of hydrogen-bond acceptors (Lipinski definition) is 5. The molecule has 160 valence electrons. The molecule has 0 fully saturated rings. The minimum absolute atomic E-state index is 0.00530. The van der Waals surface area contributed by atoms with Crippen molar-refractivity contribution in [2.75, 3.05) is 12.0 Å². The van der Waals surface area contributed by atoms with Crippen molar-refractivity contribution in [1.82, 2.24) is 9.78 Å². The first-order valence-electron chi connectivity index (χ1n) is 9.88. The van der Waals surface area contributed by atoms with Crippen LogP contribution in [-0.2, 0) is 22.0 Å². The van der Waals surface area contributed by atoms with E-state index in [0.29, 0.717) is 22.6 Å². The van der Waals surface area contributed by atoms with Crippen LogP contribution in [0.15, 0.2) is 30.3 Å². The molecule has 1 aromatic carbocycles. The lowest BCUT2D eigenvalue weighted by molar-refractivity contribution is -0.145. The molecule has 2 rings (SSSR count). The minimum atomic E-state index is -0.686. The van der Waals surface area contributed by atoms with Crippen molar-refractivity contribution in [2.24, 2.45) is 12.5 Å². The van der Waals surface area contributed by atoms with Gasteiger partial charge in [0.05, 0.1) is 11.1 Å². The molecule has 0 saturated carbocycles. The number of benzene rings is 1. The first-order valence-corrected chi connectivity index (χ1v) is 11.3. The smallest absolute Gasteiger partial charge is 0.317 e. The maximum atomic E-state index is 13.0. The van der Waals surface area contributed by atoms with Gasteiger partial charge in [-0.25, -0.2) is 0 Å². The van der Waals surface area contributed by atoms with Crippen molar-refractivity contribution in [3.05, 3.63) is 52.8 Å². The molecule has 0 unspecified atom stereocenters. The number of rotatable bonds is 6. The van der Waals surface area contributed by atoms with E-state index in [4.69, 9.17) is 4.74 Å². The average molecular weight is 426 g/mol. The summed E-state index contributed by atoms with van der Waals surface area (Å²) in [4.78, 5) is 13.0. The molecular formula is C24H31N3O2S. The second kappa shape index (κ2) is 9.09. The third-order valence-electron chi connectivity index (χ3n) is 4.87. The van der Waals surface area contributed by atoms with Crippen LogP contribution in [0.1, 0.15) is 57.1 Å². The van der Waals surface area contributed by atoms with Gasteiger partial charge in [0.1, 0.15) is 17.3 Å². The lowest BCUT2D eigenvalue weighted by atomic mass is 9.86. The highest BCUT2D eigenvalue weighted by Crippen LogP contribution is 2.32. The van der Waals surface area contributed by atoms with Gasteiger partial charge < -0.3 is 4.74 Å². The lowest BCUT2D eigenvalue weighted by Crippen LogP contribution is -2.29. The molecule has 0 radical (unpaired) electrons. The van der Waals surface area contributed by atoms with Crippen LogP contribution in [-0.4, -0.2) is 27.8 Å². The molecular weight excluding hydrogens is 394 g/mol. The molecule has 30 heavy (non-hydrogen) atoms. The van der Waals surface area contributed by atoms with Gasteiger partial charge in [-0.05, 0) is 49.6 Å². The molecule has 6 heteroatoms. The molecule has 1 heterocycles. The van der Waals surface area contributed by atoms with Crippen molar-refractivity contribution in [3.8, 4) is 6.07 Å². The molecule has 0 spiro atoms. The highest BCUT2D eigenvalue weighted by Gasteiger charge is 2.32. The van der Waals surface area contributed by atoms with Crippen molar-refractivity contribution < 1.29 is 9.53 Å². The maximum Gasteiger partial charge on any atom is 0.317 e. The Morgan fingerprint density at radius 2 is 1.80 bits per heavy atom. The zero-order valence-corrected chi connectivity index (χ0v) is 20.0. The Balaban J connectivity index is 2.63. The zero-order chi connectivity index (χ0) is 22.7. The van der Waals surface area contributed by atoms with Gasteiger partial charge in [-0.1, -0.05) is 45.0 Å². The maximum absolute atomic E-state index is 13.0. The number of esters is 1. The number of hydrogen-bond donors (Lipinski definition) is 0. The van der Waals surface area contributed by atoms with Gasteiger partial charge in [0.2, 0.25) is 0 Å². The molecule has 0 aliphatic carbocycles. The fraction of sp³-hybridized carbons (Fsp3) is 0.458. The minimum Gasteiger partial charge on any atom is -0.422 e. The summed E-state index contributed by atoms with van der Waals surface area (Å²) >= 11 is 1.58. The molecule has 0 amide bonds. The topological polar surface area (TPSA) is 67.9 Å². The summed E-state index contributed by atoms with van der Waals surface area (Å²) < 4.78 is 7.54. The first kappa shape index (κ1) is 23.8. The SMILES string of the molecule is CSCC(C)(C)C(=O)O/C(=C(/C#N)c1ccc(C(C)(C)C)cc1)c1cc(C)nn1C. The van der Waals surface area contributed by atoms with Crippen LogP contribution < -0.4 is 0 Å². The molecule has 0 bridgehead atoms. The Bertz CT molecular complexity index is 987.